The summed E-state index contributed by atoms with van der Waals surface area (Å²) in [4.78, 5) is 0. The van der Waals surface area contributed by atoms with Gasteiger partial charge in [0.05, 0.1) is 17.0 Å². The zero-order valence-corrected chi connectivity index (χ0v) is 12.1. The zero-order chi connectivity index (χ0) is 14.5. The molecule has 108 valence electrons. The normalized spacial score (nSPS) is 28.2. The standard InChI is InChI=1S/C12H17N5O2S/c1-12(4-5-20(18,19)7-12)17-10(14)9(6-13)11(16-17)15-8-2-3-8/h8H,2-5,7,14H2,1H3,(H,15,16). The molecule has 2 heterocycles. The molecule has 1 aliphatic carbocycles. The lowest BCUT2D eigenvalue weighted by Crippen LogP contribution is -2.33. The molecule has 3 N–H and O–H groups in total. The lowest BCUT2D eigenvalue weighted by Gasteiger charge is -2.23. The third kappa shape index (κ3) is 2.12. The number of nitriles is 1. The van der Waals surface area contributed by atoms with E-state index in [4.69, 9.17) is 5.73 Å². The summed E-state index contributed by atoms with van der Waals surface area (Å²) in [6, 6.07) is 2.41. The molecule has 0 amide bonds. The van der Waals surface area contributed by atoms with Gasteiger partial charge in [-0.2, -0.15) is 10.4 Å². The first-order valence-corrected chi connectivity index (χ1v) is 8.43. The van der Waals surface area contributed by atoms with Crippen LogP contribution in [-0.2, 0) is 15.4 Å². The van der Waals surface area contributed by atoms with E-state index >= 15 is 0 Å². The minimum atomic E-state index is -3.06. The van der Waals surface area contributed by atoms with Crippen molar-refractivity contribution < 1.29 is 8.42 Å². The van der Waals surface area contributed by atoms with Crippen LogP contribution in [0.3, 0.4) is 0 Å². The molecular weight excluding hydrogens is 278 g/mol. The quantitative estimate of drug-likeness (QED) is 0.836. The third-order valence-corrected chi connectivity index (χ3v) is 5.83. The van der Waals surface area contributed by atoms with E-state index in [2.05, 4.69) is 16.5 Å². The predicted octanol–water partition coefficient (Wildman–Crippen LogP) is 0.445. The van der Waals surface area contributed by atoms with Crippen LogP contribution in [0.25, 0.3) is 0 Å². The van der Waals surface area contributed by atoms with E-state index in [1.807, 2.05) is 6.92 Å². The van der Waals surface area contributed by atoms with Gasteiger partial charge in [-0.25, -0.2) is 13.1 Å². The Morgan fingerprint density at radius 3 is 2.75 bits per heavy atom. The number of hydrogen-bond acceptors (Lipinski definition) is 6. The van der Waals surface area contributed by atoms with Crippen LogP contribution < -0.4 is 11.1 Å². The largest absolute Gasteiger partial charge is 0.383 e. The van der Waals surface area contributed by atoms with Crippen LogP contribution in [0.1, 0.15) is 31.7 Å². The second-order valence-electron chi connectivity index (χ2n) is 5.89. The average Bonchev–Trinajstić information content (AvgIpc) is 3.04. The van der Waals surface area contributed by atoms with Crippen molar-refractivity contribution in [1.29, 1.82) is 5.26 Å². The maximum absolute atomic E-state index is 11.7. The van der Waals surface area contributed by atoms with Gasteiger partial charge in [-0.1, -0.05) is 0 Å². The summed E-state index contributed by atoms with van der Waals surface area (Å²) in [5.74, 6) is 0.864. The Hall–Kier alpha value is -1.75. The van der Waals surface area contributed by atoms with E-state index in [-0.39, 0.29) is 17.3 Å². The number of anilines is 2. The van der Waals surface area contributed by atoms with Gasteiger partial charge in [-0.15, -0.1) is 0 Å². The summed E-state index contributed by atoms with van der Waals surface area (Å²) < 4.78 is 24.9. The number of sulfone groups is 1. The molecule has 1 unspecified atom stereocenters. The molecule has 1 aromatic heterocycles. The number of nitrogens with zero attached hydrogens (tertiary/aromatic N) is 3. The fourth-order valence-corrected chi connectivity index (χ4v) is 4.74. The van der Waals surface area contributed by atoms with Gasteiger partial charge in [-0.3, -0.25) is 0 Å². The molecule has 1 saturated carbocycles. The third-order valence-electron chi connectivity index (χ3n) is 3.94. The van der Waals surface area contributed by atoms with Crippen molar-refractivity contribution in [2.45, 2.75) is 37.8 Å². The molecule has 1 atom stereocenters. The van der Waals surface area contributed by atoms with Gasteiger partial charge in [0.25, 0.3) is 0 Å². The summed E-state index contributed by atoms with van der Waals surface area (Å²) in [5, 5.41) is 16.8. The van der Waals surface area contributed by atoms with Gasteiger partial charge < -0.3 is 11.1 Å². The second-order valence-corrected chi connectivity index (χ2v) is 8.07. The van der Waals surface area contributed by atoms with E-state index in [1.165, 1.54) is 4.68 Å². The Balaban J connectivity index is 2.01. The highest BCUT2D eigenvalue weighted by molar-refractivity contribution is 7.91. The first-order valence-electron chi connectivity index (χ1n) is 6.61. The zero-order valence-electron chi connectivity index (χ0n) is 11.3. The number of rotatable bonds is 3. The smallest absolute Gasteiger partial charge is 0.168 e. The van der Waals surface area contributed by atoms with Crippen molar-refractivity contribution in [1.82, 2.24) is 9.78 Å². The molecule has 0 aromatic carbocycles. The second kappa shape index (κ2) is 4.12. The van der Waals surface area contributed by atoms with Crippen LogP contribution in [0, 0.1) is 11.3 Å². The molecule has 2 aliphatic rings. The topological polar surface area (TPSA) is 114 Å². The summed E-state index contributed by atoms with van der Waals surface area (Å²) >= 11 is 0. The van der Waals surface area contributed by atoms with Crippen LogP contribution in [0.5, 0.6) is 0 Å². The van der Waals surface area contributed by atoms with Crippen LogP contribution in [0.2, 0.25) is 0 Å². The lowest BCUT2D eigenvalue weighted by atomic mass is 10.0. The van der Waals surface area contributed by atoms with E-state index in [9.17, 15) is 13.7 Å². The first kappa shape index (κ1) is 13.2. The highest BCUT2D eigenvalue weighted by Gasteiger charge is 2.42. The highest BCUT2D eigenvalue weighted by atomic mass is 32.2. The minimum absolute atomic E-state index is 0.0135. The lowest BCUT2D eigenvalue weighted by molar-refractivity contribution is 0.335. The van der Waals surface area contributed by atoms with Crippen molar-refractivity contribution in [3.63, 3.8) is 0 Å². The first-order chi connectivity index (χ1) is 9.35. The SMILES string of the molecule is CC1(n2nc(NC3CC3)c(C#N)c2N)CCS(=O)(=O)C1. The van der Waals surface area contributed by atoms with E-state index in [0.717, 1.165) is 12.8 Å². The molecule has 20 heavy (non-hydrogen) atoms. The Morgan fingerprint density at radius 1 is 1.55 bits per heavy atom. The van der Waals surface area contributed by atoms with E-state index in [1.54, 1.807) is 0 Å². The Morgan fingerprint density at radius 2 is 2.25 bits per heavy atom. The summed E-state index contributed by atoms with van der Waals surface area (Å²) in [6.45, 7) is 1.82. The Kier molecular flexibility index (Phi) is 2.73. The maximum Gasteiger partial charge on any atom is 0.168 e. The molecular formula is C12H17N5O2S. The van der Waals surface area contributed by atoms with Gasteiger partial charge in [0.1, 0.15) is 17.5 Å². The van der Waals surface area contributed by atoms with Gasteiger partial charge in [-0.05, 0) is 26.2 Å². The Bertz CT molecular complexity index is 698. The number of hydrogen-bond donors (Lipinski definition) is 2. The van der Waals surface area contributed by atoms with Crippen LogP contribution >= 0.6 is 0 Å². The van der Waals surface area contributed by atoms with Crippen molar-refractivity contribution in [3.05, 3.63) is 5.56 Å². The summed E-state index contributed by atoms with van der Waals surface area (Å²) in [6.07, 6.45) is 2.58. The molecule has 0 bridgehead atoms. The van der Waals surface area contributed by atoms with Crippen molar-refractivity contribution >= 4 is 21.5 Å². The number of nitrogens with one attached hydrogen (secondary N) is 1. The van der Waals surface area contributed by atoms with Crippen molar-refractivity contribution in [2.75, 3.05) is 22.6 Å². The summed E-state index contributed by atoms with van der Waals surface area (Å²) in [7, 11) is -3.06. The fourth-order valence-electron chi connectivity index (χ4n) is 2.64. The van der Waals surface area contributed by atoms with Gasteiger partial charge in [0, 0.05) is 6.04 Å². The number of nitrogens with two attached hydrogens (primary N) is 1. The molecule has 0 spiro atoms. The van der Waals surface area contributed by atoms with Crippen molar-refractivity contribution in [2.24, 2.45) is 0 Å². The molecule has 0 radical (unpaired) electrons. The monoisotopic (exact) mass is 295 g/mol. The van der Waals surface area contributed by atoms with Gasteiger partial charge >= 0.3 is 0 Å². The molecule has 3 rings (SSSR count). The van der Waals surface area contributed by atoms with Gasteiger partial charge in [0.15, 0.2) is 15.7 Å². The Labute approximate surface area is 117 Å². The van der Waals surface area contributed by atoms with Crippen LogP contribution in [-0.4, -0.2) is 35.7 Å². The van der Waals surface area contributed by atoms with E-state index < -0.39 is 15.4 Å². The summed E-state index contributed by atoms with van der Waals surface area (Å²) in [5.41, 5.74) is 5.65. The number of nitrogen functional groups attached to an aromatic ring is 1. The molecule has 1 saturated heterocycles. The predicted molar refractivity (Wildman–Crippen MR) is 74.9 cm³/mol. The average molecular weight is 295 g/mol. The molecule has 1 aromatic rings. The van der Waals surface area contributed by atoms with Crippen molar-refractivity contribution in [3.8, 4) is 6.07 Å². The minimum Gasteiger partial charge on any atom is -0.383 e. The van der Waals surface area contributed by atoms with Gasteiger partial charge in [0.2, 0.25) is 0 Å². The maximum atomic E-state index is 11.7. The number of aromatic nitrogens is 2. The molecule has 2 fully saturated rings. The highest BCUT2D eigenvalue weighted by Crippen LogP contribution is 2.36. The fraction of sp³-hybridized carbons (Fsp3) is 0.667. The molecule has 1 aliphatic heterocycles. The van der Waals surface area contributed by atoms with Crippen LogP contribution in [0.15, 0.2) is 0 Å². The molecule has 8 heteroatoms. The van der Waals surface area contributed by atoms with Crippen LogP contribution in [0.4, 0.5) is 11.6 Å². The molecule has 7 nitrogen and oxygen atoms in total. The van der Waals surface area contributed by atoms with E-state index in [0.29, 0.717) is 23.8 Å².